The summed E-state index contributed by atoms with van der Waals surface area (Å²) < 4.78 is 7.77. The number of hydrogen-bond donors (Lipinski definition) is 1. The van der Waals surface area contributed by atoms with E-state index < -0.39 is 0 Å². The van der Waals surface area contributed by atoms with Gasteiger partial charge in [-0.2, -0.15) is 5.10 Å². The lowest BCUT2D eigenvalue weighted by Crippen LogP contribution is -1.93. The van der Waals surface area contributed by atoms with Crippen molar-refractivity contribution in [2.75, 3.05) is 5.32 Å². The second-order valence-electron chi connectivity index (χ2n) is 5.36. The SMILES string of the molecule is Cn1cc(Nc2cc(Oc3scnc3-c3ccccc3)ccn2)cn1. The van der Waals surface area contributed by atoms with Crippen LogP contribution in [0.3, 0.4) is 0 Å². The van der Waals surface area contributed by atoms with Gasteiger partial charge in [0.05, 0.1) is 17.4 Å². The highest BCUT2D eigenvalue weighted by Crippen LogP contribution is 2.36. The molecule has 1 N–H and O–H groups in total. The molecule has 0 radical (unpaired) electrons. The summed E-state index contributed by atoms with van der Waals surface area (Å²) in [5.41, 5.74) is 4.52. The first-order chi connectivity index (χ1) is 12.3. The number of aromatic nitrogens is 4. The smallest absolute Gasteiger partial charge is 0.208 e. The summed E-state index contributed by atoms with van der Waals surface area (Å²) in [7, 11) is 1.87. The lowest BCUT2D eigenvalue weighted by Gasteiger charge is -2.08. The molecular weight excluding hydrogens is 334 g/mol. The van der Waals surface area contributed by atoms with E-state index in [1.165, 1.54) is 11.3 Å². The number of aryl methyl sites for hydroxylation is 1. The predicted molar refractivity (Wildman–Crippen MR) is 98.4 cm³/mol. The quantitative estimate of drug-likeness (QED) is 0.576. The Balaban J connectivity index is 1.56. The average Bonchev–Trinajstić information content (AvgIpc) is 3.25. The molecule has 7 heteroatoms. The Morgan fingerprint density at radius 2 is 2.00 bits per heavy atom. The summed E-state index contributed by atoms with van der Waals surface area (Å²) in [6.07, 6.45) is 5.33. The van der Waals surface area contributed by atoms with Crippen LogP contribution in [0.25, 0.3) is 11.3 Å². The first-order valence-corrected chi connectivity index (χ1v) is 8.54. The Hall–Kier alpha value is -3.19. The van der Waals surface area contributed by atoms with Gasteiger partial charge < -0.3 is 10.1 Å². The molecule has 3 aromatic heterocycles. The van der Waals surface area contributed by atoms with Crippen molar-refractivity contribution < 1.29 is 4.74 Å². The van der Waals surface area contributed by atoms with Crippen LogP contribution in [0.5, 0.6) is 10.8 Å². The van der Waals surface area contributed by atoms with Crippen LogP contribution in [-0.2, 0) is 7.05 Å². The van der Waals surface area contributed by atoms with Crippen LogP contribution in [-0.4, -0.2) is 19.7 Å². The molecule has 4 rings (SSSR count). The summed E-state index contributed by atoms with van der Waals surface area (Å²) in [5, 5.41) is 8.09. The Labute approximate surface area is 148 Å². The van der Waals surface area contributed by atoms with Gasteiger partial charge in [-0.3, -0.25) is 4.68 Å². The fourth-order valence-corrected chi connectivity index (χ4v) is 3.06. The van der Waals surface area contributed by atoms with Gasteiger partial charge in [0.15, 0.2) is 0 Å². The molecule has 0 saturated carbocycles. The lowest BCUT2D eigenvalue weighted by atomic mass is 10.2. The van der Waals surface area contributed by atoms with Crippen molar-refractivity contribution in [1.82, 2.24) is 19.7 Å². The topological polar surface area (TPSA) is 64.9 Å². The number of rotatable bonds is 5. The molecule has 3 heterocycles. The first kappa shape index (κ1) is 15.3. The third-order valence-electron chi connectivity index (χ3n) is 3.50. The summed E-state index contributed by atoms with van der Waals surface area (Å²) in [6.45, 7) is 0. The van der Waals surface area contributed by atoms with Crippen molar-refractivity contribution in [3.8, 4) is 22.1 Å². The van der Waals surface area contributed by atoms with Gasteiger partial charge >= 0.3 is 0 Å². The van der Waals surface area contributed by atoms with E-state index in [2.05, 4.69) is 20.4 Å². The van der Waals surface area contributed by atoms with E-state index in [9.17, 15) is 0 Å². The number of benzene rings is 1. The second kappa shape index (κ2) is 6.74. The molecule has 0 atom stereocenters. The van der Waals surface area contributed by atoms with E-state index in [1.807, 2.05) is 55.7 Å². The molecule has 0 aliphatic heterocycles. The number of nitrogens with zero attached hydrogens (tertiary/aromatic N) is 4. The van der Waals surface area contributed by atoms with Crippen molar-refractivity contribution in [3.05, 3.63) is 66.6 Å². The van der Waals surface area contributed by atoms with E-state index in [0.29, 0.717) is 11.6 Å². The van der Waals surface area contributed by atoms with Crippen molar-refractivity contribution in [2.45, 2.75) is 0 Å². The summed E-state index contributed by atoms with van der Waals surface area (Å²) >= 11 is 1.46. The number of pyridine rings is 1. The molecule has 0 unspecified atom stereocenters. The highest BCUT2D eigenvalue weighted by molar-refractivity contribution is 7.12. The van der Waals surface area contributed by atoms with Gasteiger partial charge in [0.1, 0.15) is 17.3 Å². The fourth-order valence-electron chi connectivity index (χ4n) is 2.38. The minimum Gasteiger partial charge on any atom is -0.444 e. The minimum absolute atomic E-state index is 0.691. The largest absolute Gasteiger partial charge is 0.444 e. The molecular formula is C18H15N5OS. The fraction of sp³-hybridized carbons (Fsp3) is 0.0556. The monoisotopic (exact) mass is 349 g/mol. The molecule has 124 valence electrons. The zero-order valence-corrected chi connectivity index (χ0v) is 14.3. The highest BCUT2D eigenvalue weighted by Gasteiger charge is 2.11. The van der Waals surface area contributed by atoms with E-state index in [4.69, 9.17) is 4.74 Å². The first-order valence-electron chi connectivity index (χ1n) is 7.66. The number of thiazole rings is 1. The van der Waals surface area contributed by atoms with Gasteiger partial charge in [-0.1, -0.05) is 41.7 Å². The van der Waals surface area contributed by atoms with Crippen LogP contribution in [0.4, 0.5) is 11.5 Å². The Morgan fingerprint density at radius 1 is 1.12 bits per heavy atom. The van der Waals surface area contributed by atoms with Crippen molar-refractivity contribution in [3.63, 3.8) is 0 Å². The number of nitrogens with one attached hydrogen (secondary N) is 1. The number of hydrogen-bond acceptors (Lipinski definition) is 6. The van der Waals surface area contributed by atoms with Crippen LogP contribution < -0.4 is 10.1 Å². The molecule has 6 nitrogen and oxygen atoms in total. The normalized spacial score (nSPS) is 10.6. The number of ether oxygens (including phenoxy) is 1. The molecule has 0 saturated heterocycles. The molecule has 0 amide bonds. The average molecular weight is 349 g/mol. The summed E-state index contributed by atoms with van der Waals surface area (Å²) in [5.74, 6) is 1.39. The zero-order chi connectivity index (χ0) is 17.1. The van der Waals surface area contributed by atoms with Crippen molar-refractivity contribution in [2.24, 2.45) is 7.05 Å². The highest BCUT2D eigenvalue weighted by atomic mass is 32.1. The predicted octanol–water partition coefficient (Wildman–Crippen LogP) is 4.47. The third kappa shape index (κ3) is 3.51. The standard InChI is InChI=1S/C18H15N5OS/c1-23-11-14(10-21-23)22-16-9-15(7-8-19-16)24-18-17(20-12-25-18)13-5-3-2-4-6-13/h2-12H,1H3,(H,19,22). The van der Waals surface area contributed by atoms with E-state index in [-0.39, 0.29) is 0 Å². The Kier molecular flexibility index (Phi) is 4.14. The molecule has 0 bridgehead atoms. The molecule has 4 aromatic rings. The zero-order valence-electron chi connectivity index (χ0n) is 13.5. The second-order valence-corrected chi connectivity index (χ2v) is 6.18. The van der Waals surface area contributed by atoms with Gasteiger partial charge in [0.25, 0.3) is 0 Å². The van der Waals surface area contributed by atoms with Gasteiger partial charge in [-0.05, 0) is 6.07 Å². The Morgan fingerprint density at radius 3 is 2.80 bits per heavy atom. The van der Waals surface area contributed by atoms with Crippen LogP contribution in [0.15, 0.2) is 66.6 Å². The summed E-state index contributed by atoms with van der Waals surface area (Å²) in [4.78, 5) is 8.74. The van der Waals surface area contributed by atoms with Gasteiger partial charge in [-0.25, -0.2) is 9.97 Å². The maximum atomic E-state index is 6.04. The van der Waals surface area contributed by atoms with Gasteiger partial charge in [0.2, 0.25) is 5.06 Å². The van der Waals surface area contributed by atoms with E-state index in [0.717, 1.165) is 22.0 Å². The summed E-state index contributed by atoms with van der Waals surface area (Å²) in [6, 6.07) is 13.7. The van der Waals surface area contributed by atoms with E-state index >= 15 is 0 Å². The third-order valence-corrected chi connectivity index (χ3v) is 4.20. The van der Waals surface area contributed by atoms with Crippen LogP contribution >= 0.6 is 11.3 Å². The van der Waals surface area contributed by atoms with Crippen LogP contribution in [0.2, 0.25) is 0 Å². The maximum absolute atomic E-state index is 6.04. The van der Waals surface area contributed by atoms with Crippen molar-refractivity contribution >= 4 is 22.8 Å². The van der Waals surface area contributed by atoms with Gasteiger partial charge in [-0.15, -0.1) is 0 Å². The molecule has 0 aliphatic carbocycles. The molecule has 0 fully saturated rings. The maximum Gasteiger partial charge on any atom is 0.208 e. The number of anilines is 2. The molecule has 1 aromatic carbocycles. The minimum atomic E-state index is 0.691. The molecule has 0 spiro atoms. The van der Waals surface area contributed by atoms with E-state index in [1.54, 1.807) is 22.6 Å². The molecule has 0 aliphatic rings. The van der Waals surface area contributed by atoms with Crippen LogP contribution in [0.1, 0.15) is 0 Å². The lowest BCUT2D eigenvalue weighted by molar-refractivity contribution is 0.496. The van der Waals surface area contributed by atoms with Gasteiger partial charge in [0, 0.05) is 31.1 Å². The van der Waals surface area contributed by atoms with Crippen LogP contribution in [0, 0.1) is 0 Å². The Bertz CT molecular complexity index is 980. The molecule has 25 heavy (non-hydrogen) atoms. The van der Waals surface area contributed by atoms with Crippen molar-refractivity contribution in [1.29, 1.82) is 0 Å².